The predicted octanol–water partition coefficient (Wildman–Crippen LogP) is 12.7. The minimum atomic E-state index is -4.76. The molecule has 302 valence electrons. The Morgan fingerprint density at radius 1 is 0.500 bits per heavy atom. The molecule has 0 bridgehead atoms. The van der Waals surface area contributed by atoms with Crippen molar-refractivity contribution in [3.8, 4) is 0 Å². The van der Waals surface area contributed by atoms with E-state index in [0.29, 0.717) is 12.8 Å². The Kier molecular flexibility index (Phi) is 37.2. The van der Waals surface area contributed by atoms with E-state index in [0.717, 1.165) is 70.6 Å². The zero-order valence-electron chi connectivity index (χ0n) is 33.2. The molecule has 1 atom stereocenters. The van der Waals surface area contributed by atoms with Crippen LogP contribution >= 0.6 is 7.82 Å². The topological polar surface area (TPSA) is 119 Å². The number of phosphoric ester groups is 1. The second-order valence-corrected chi connectivity index (χ2v) is 15.2. The van der Waals surface area contributed by atoms with Crippen molar-refractivity contribution in [2.24, 2.45) is 0 Å². The van der Waals surface area contributed by atoms with Gasteiger partial charge >= 0.3 is 19.8 Å². The van der Waals surface area contributed by atoms with Crippen molar-refractivity contribution >= 4 is 19.8 Å². The molecule has 9 heteroatoms. The van der Waals surface area contributed by atoms with Crippen molar-refractivity contribution in [2.75, 3.05) is 13.2 Å². The molecule has 0 spiro atoms. The molecule has 52 heavy (non-hydrogen) atoms. The van der Waals surface area contributed by atoms with Crippen LogP contribution in [0.15, 0.2) is 48.6 Å². The summed E-state index contributed by atoms with van der Waals surface area (Å²) < 4.78 is 26.4. The molecule has 0 amide bonds. The molecule has 0 aliphatic carbocycles. The molecule has 0 saturated heterocycles. The Morgan fingerprint density at radius 2 is 0.865 bits per heavy atom. The summed E-state index contributed by atoms with van der Waals surface area (Å²) in [6, 6.07) is 0. The molecule has 0 aliphatic rings. The number of esters is 2. The van der Waals surface area contributed by atoms with Crippen LogP contribution in [-0.4, -0.2) is 41.0 Å². The van der Waals surface area contributed by atoms with E-state index in [9.17, 15) is 14.2 Å². The summed E-state index contributed by atoms with van der Waals surface area (Å²) in [5, 5.41) is 0. The highest BCUT2D eigenvalue weighted by Crippen LogP contribution is 2.36. The molecule has 0 fully saturated rings. The summed E-state index contributed by atoms with van der Waals surface area (Å²) in [5.74, 6) is -0.905. The number of unbranched alkanes of at least 4 members (excludes halogenated alkanes) is 20. The summed E-state index contributed by atoms with van der Waals surface area (Å²) >= 11 is 0. The van der Waals surface area contributed by atoms with Crippen molar-refractivity contribution in [1.29, 1.82) is 0 Å². The molecule has 0 aromatic heterocycles. The third-order valence-corrected chi connectivity index (χ3v) is 9.31. The average Bonchev–Trinajstić information content (AvgIpc) is 3.11. The molecule has 0 unspecified atom stereocenters. The minimum Gasteiger partial charge on any atom is -0.462 e. The molecule has 8 nitrogen and oxygen atoms in total. The van der Waals surface area contributed by atoms with E-state index in [-0.39, 0.29) is 19.4 Å². The summed E-state index contributed by atoms with van der Waals surface area (Å²) in [5.41, 5.74) is 0. The Labute approximate surface area is 318 Å². The highest BCUT2D eigenvalue weighted by atomic mass is 31.2. The van der Waals surface area contributed by atoms with Gasteiger partial charge in [0.05, 0.1) is 6.61 Å². The van der Waals surface area contributed by atoms with E-state index < -0.39 is 32.5 Å². The standard InChI is InChI=1S/C43H77O8P/c1-3-5-7-9-11-13-15-17-19-20-21-22-24-26-28-30-32-34-36-38-43(45)51-41(40-50-52(46,47)48)39-49-42(44)37-35-33-31-29-27-25-23-18-16-14-12-10-8-6-4-2/h11-14,17-19,23,41H,3-10,15-16,20-22,24-40H2,1-2H3,(H2,46,47,48)/b13-11+,14-12+,19-17+,23-18+/t41-/m1/s1. The highest BCUT2D eigenvalue weighted by molar-refractivity contribution is 7.46. The fourth-order valence-electron chi connectivity index (χ4n) is 5.67. The van der Waals surface area contributed by atoms with Gasteiger partial charge in [0.2, 0.25) is 0 Å². The van der Waals surface area contributed by atoms with Crippen LogP contribution in [-0.2, 0) is 28.2 Å². The van der Waals surface area contributed by atoms with Crippen LogP contribution in [0.25, 0.3) is 0 Å². The first-order valence-electron chi connectivity index (χ1n) is 20.9. The summed E-state index contributed by atoms with van der Waals surface area (Å²) in [6.45, 7) is 3.62. The van der Waals surface area contributed by atoms with Gasteiger partial charge in [-0.05, 0) is 77.0 Å². The Balaban J connectivity index is 3.94. The van der Waals surface area contributed by atoms with Crippen LogP contribution in [0, 0.1) is 0 Å². The van der Waals surface area contributed by atoms with Gasteiger partial charge in [0, 0.05) is 12.8 Å². The van der Waals surface area contributed by atoms with Gasteiger partial charge in [0.15, 0.2) is 6.10 Å². The molecule has 0 aliphatic heterocycles. The molecule has 2 N–H and O–H groups in total. The number of phosphoric acid groups is 1. The molecule has 0 aromatic carbocycles. The third-order valence-electron chi connectivity index (χ3n) is 8.82. The molecule has 0 heterocycles. The van der Waals surface area contributed by atoms with Crippen LogP contribution in [0.4, 0.5) is 0 Å². The van der Waals surface area contributed by atoms with Crippen molar-refractivity contribution in [3.63, 3.8) is 0 Å². The van der Waals surface area contributed by atoms with Gasteiger partial charge in [0.1, 0.15) is 6.61 Å². The fraction of sp³-hybridized carbons (Fsp3) is 0.767. The van der Waals surface area contributed by atoms with E-state index in [2.05, 4.69) is 67.0 Å². The number of hydrogen-bond acceptors (Lipinski definition) is 6. The molecular weight excluding hydrogens is 675 g/mol. The largest absolute Gasteiger partial charge is 0.469 e. The number of carbonyl (C=O) groups excluding carboxylic acids is 2. The van der Waals surface area contributed by atoms with Gasteiger partial charge in [-0.2, -0.15) is 0 Å². The Bertz CT molecular complexity index is 984. The number of rotatable bonds is 38. The summed E-state index contributed by atoms with van der Waals surface area (Å²) in [7, 11) is -4.76. The van der Waals surface area contributed by atoms with Crippen LogP contribution in [0.1, 0.15) is 194 Å². The number of hydrogen-bond donors (Lipinski definition) is 2. The van der Waals surface area contributed by atoms with Gasteiger partial charge in [-0.15, -0.1) is 0 Å². The molecule has 0 saturated carbocycles. The third kappa shape index (κ3) is 40.8. The molecule has 0 aromatic rings. The number of allylic oxidation sites excluding steroid dienone is 8. The predicted molar refractivity (Wildman–Crippen MR) is 216 cm³/mol. The highest BCUT2D eigenvalue weighted by Gasteiger charge is 2.22. The summed E-state index contributed by atoms with van der Waals surface area (Å²) in [4.78, 5) is 42.8. The van der Waals surface area contributed by atoms with Crippen molar-refractivity contribution in [3.05, 3.63) is 48.6 Å². The number of ether oxygens (including phenoxy) is 2. The molecule has 0 rings (SSSR count). The maximum Gasteiger partial charge on any atom is 0.469 e. The van der Waals surface area contributed by atoms with Gasteiger partial charge in [0.25, 0.3) is 0 Å². The van der Waals surface area contributed by atoms with E-state index in [1.165, 1.54) is 83.5 Å². The van der Waals surface area contributed by atoms with E-state index in [1.807, 2.05) is 0 Å². The van der Waals surface area contributed by atoms with E-state index in [4.69, 9.17) is 19.3 Å². The molecular formula is C43H77O8P. The van der Waals surface area contributed by atoms with Crippen LogP contribution in [0.3, 0.4) is 0 Å². The lowest BCUT2D eigenvalue weighted by Crippen LogP contribution is -2.29. The first kappa shape index (κ1) is 50.0. The van der Waals surface area contributed by atoms with Gasteiger partial charge in [-0.25, -0.2) is 4.57 Å². The first-order chi connectivity index (χ1) is 25.3. The van der Waals surface area contributed by atoms with Gasteiger partial charge in [-0.3, -0.25) is 14.1 Å². The lowest BCUT2D eigenvalue weighted by atomic mass is 10.1. The average molecular weight is 753 g/mol. The fourth-order valence-corrected chi connectivity index (χ4v) is 6.03. The summed E-state index contributed by atoms with van der Waals surface area (Å²) in [6.07, 6.45) is 46.8. The maximum absolute atomic E-state index is 12.4. The first-order valence-corrected chi connectivity index (χ1v) is 22.5. The van der Waals surface area contributed by atoms with Crippen molar-refractivity contribution in [2.45, 2.75) is 200 Å². The lowest BCUT2D eigenvalue weighted by Gasteiger charge is -2.18. The second-order valence-electron chi connectivity index (χ2n) is 14.0. The second kappa shape index (κ2) is 38.7. The van der Waals surface area contributed by atoms with Crippen molar-refractivity contribution in [1.82, 2.24) is 0 Å². The zero-order chi connectivity index (χ0) is 38.2. The van der Waals surface area contributed by atoms with Gasteiger partial charge < -0.3 is 19.3 Å². The Hall–Kier alpha value is -1.99. The van der Waals surface area contributed by atoms with Crippen molar-refractivity contribution < 1.29 is 37.9 Å². The van der Waals surface area contributed by atoms with Crippen LogP contribution < -0.4 is 0 Å². The maximum atomic E-state index is 12.4. The molecule has 0 radical (unpaired) electrons. The monoisotopic (exact) mass is 753 g/mol. The van der Waals surface area contributed by atoms with E-state index in [1.54, 1.807) is 0 Å². The van der Waals surface area contributed by atoms with Gasteiger partial charge in [-0.1, -0.05) is 152 Å². The van der Waals surface area contributed by atoms with Crippen LogP contribution in [0.5, 0.6) is 0 Å². The smallest absolute Gasteiger partial charge is 0.462 e. The normalized spacial score (nSPS) is 12.9. The Morgan fingerprint density at radius 3 is 1.27 bits per heavy atom. The lowest BCUT2D eigenvalue weighted by molar-refractivity contribution is -0.161. The minimum absolute atomic E-state index is 0.203. The van der Waals surface area contributed by atoms with Crippen LogP contribution in [0.2, 0.25) is 0 Å². The number of carbonyl (C=O) groups is 2. The van der Waals surface area contributed by atoms with E-state index >= 15 is 0 Å². The quantitative estimate of drug-likeness (QED) is 0.0277. The SMILES string of the molecule is CCCCC/C=C/C/C=C/CCCCCCCCCCCC(=O)O[C@H](COC(=O)CCCCCCC/C=C/C/C=C/CCCCC)COP(=O)(O)O. The zero-order valence-corrected chi connectivity index (χ0v) is 34.1.